The third kappa shape index (κ3) is 2.76. The number of esters is 1. The summed E-state index contributed by atoms with van der Waals surface area (Å²) in [7, 11) is 0. The van der Waals surface area contributed by atoms with Crippen LogP contribution in [0.15, 0.2) is 0 Å². The first-order valence-electron chi connectivity index (χ1n) is 4.11. The van der Waals surface area contributed by atoms with Gasteiger partial charge >= 0.3 is 5.97 Å². The van der Waals surface area contributed by atoms with E-state index in [1.807, 2.05) is 0 Å². The quantitative estimate of drug-likeness (QED) is 0.371. The molecule has 0 aliphatic carbocycles. The lowest BCUT2D eigenvalue weighted by molar-refractivity contribution is -0.154. The summed E-state index contributed by atoms with van der Waals surface area (Å²) < 4.78 is 4.60. The molecule has 1 aliphatic rings. The van der Waals surface area contributed by atoms with Crippen molar-refractivity contribution in [3.05, 3.63) is 0 Å². The molecule has 0 saturated carbocycles. The molecule has 15 heavy (non-hydrogen) atoms. The maximum atomic E-state index is 11.4. The van der Waals surface area contributed by atoms with Crippen LogP contribution in [0.2, 0.25) is 0 Å². The third-order valence-electron chi connectivity index (χ3n) is 1.79. The number of hydrogen-bond acceptors (Lipinski definition) is 5. The van der Waals surface area contributed by atoms with E-state index in [1.54, 1.807) is 0 Å². The van der Waals surface area contributed by atoms with E-state index < -0.39 is 35.7 Å². The van der Waals surface area contributed by atoms with Crippen molar-refractivity contribution in [3.63, 3.8) is 0 Å². The Kier molecular flexibility index (Phi) is 3.41. The van der Waals surface area contributed by atoms with Crippen LogP contribution in [0.3, 0.4) is 0 Å². The highest BCUT2D eigenvalue weighted by atomic mass is 35.5. The summed E-state index contributed by atoms with van der Waals surface area (Å²) in [6.45, 7) is 0.643. The predicted octanol–water partition coefficient (Wildman–Crippen LogP) is -0.558. The van der Waals surface area contributed by atoms with Crippen LogP contribution < -0.4 is 0 Å². The first-order chi connectivity index (χ1) is 6.91. The van der Waals surface area contributed by atoms with E-state index in [2.05, 4.69) is 4.74 Å². The number of ether oxygens (including phenoxy) is 1. The van der Waals surface area contributed by atoms with E-state index in [-0.39, 0.29) is 6.42 Å². The Bertz CT molecular complexity index is 340. The topological polar surface area (TPSA) is 80.8 Å². The molecule has 1 unspecified atom stereocenters. The van der Waals surface area contributed by atoms with Gasteiger partial charge in [-0.05, 0) is 11.6 Å². The molecule has 6 nitrogen and oxygen atoms in total. The SMILES string of the molecule is CC(=O)OC1CC(=O)N(CC(=O)Cl)C1=O. The molecule has 0 bridgehead atoms. The second kappa shape index (κ2) is 4.39. The maximum absolute atomic E-state index is 11.4. The summed E-state index contributed by atoms with van der Waals surface area (Å²) >= 11 is 5.05. The lowest BCUT2D eigenvalue weighted by Crippen LogP contribution is -2.36. The van der Waals surface area contributed by atoms with Gasteiger partial charge in [0.2, 0.25) is 11.1 Å². The maximum Gasteiger partial charge on any atom is 0.303 e. The minimum Gasteiger partial charge on any atom is -0.452 e. The van der Waals surface area contributed by atoms with E-state index in [0.29, 0.717) is 4.90 Å². The van der Waals surface area contributed by atoms with Gasteiger partial charge in [0, 0.05) is 6.92 Å². The second-order valence-electron chi connectivity index (χ2n) is 2.98. The van der Waals surface area contributed by atoms with E-state index in [4.69, 9.17) is 11.6 Å². The van der Waals surface area contributed by atoms with Crippen molar-refractivity contribution in [3.8, 4) is 0 Å². The van der Waals surface area contributed by atoms with Gasteiger partial charge < -0.3 is 4.74 Å². The largest absolute Gasteiger partial charge is 0.452 e. The summed E-state index contributed by atoms with van der Waals surface area (Å²) in [5.74, 6) is -1.93. The van der Waals surface area contributed by atoms with Gasteiger partial charge in [0.15, 0.2) is 6.10 Å². The molecule has 82 valence electrons. The first kappa shape index (κ1) is 11.6. The second-order valence-corrected chi connectivity index (χ2v) is 3.40. The molecule has 0 aromatic rings. The molecule has 7 heteroatoms. The van der Waals surface area contributed by atoms with Crippen molar-refractivity contribution in [2.24, 2.45) is 0 Å². The Balaban J connectivity index is 2.70. The van der Waals surface area contributed by atoms with Crippen LogP contribution in [-0.2, 0) is 23.9 Å². The van der Waals surface area contributed by atoms with Crippen LogP contribution in [0.5, 0.6) is 0 Å². The fraction of sp³-hybridized carbons (Fsp3) is 0.500. The smallest absolute Gasteiger partial charge is 0.303 e. The molecule has 1 atom stereocenters. The molecular weight excluding hydrogens is 226 g/mol. The molecule has 0 spiro atoms. The normalized spacial score (nSPS) is 20.7. The Morgan fingerprint density at radius 3 is 2.60 bits per heavy atom. The Morgan fingerprint density at radius 2 is 2.13 bits per heavy atom. The molecule has 0 aromatic heterocycles. The van der Waals surface area contributed by atoms with Crippen molar-refractivity contribution >= 4 is 34.6 Å². The third-order valence-corrected chi connectivity index (χ3v) is 1.91. The number of amides is 2. The van der Waals surface area contributed by atoms with Crippen LogP contribution in [0.1, 0.15) is 13.3 Å². The highest BCUT2D eigenvalue weighted by Gasteiger charge is 2.41. The summed E-state index contributed by atoms with van der Waals surface area (Å²) in [6.07, 6.45) is -1.35. The van der Waals surface area contributed by atoms with Crippen LogP contribution in [-0.4, -0.2) is 40.6 Å². The molecule has 1 rings (SSSR count). The van der Waals surface area contributed by atoms with Gasteiger partial charge in [-0.15, -0.1) is 0 Å². The van der Waals surface area contributed by atoms with Gasteiger partial charge in [0.05, 0.1) is 6.42 Å². The number of rotatable bonds is 3. The van der Waals surface area contributed by atoms with Gasteiger partial charge in [0.1, 0.15) is 6.54 Å². The van der Waals surface area contributed by atoms with Gasteiger partial charge in [-0.2, -0.15) is 0 Å². The number of nitrogens with zero attached hydrogens (tertiary/aromatic N) is 1. The first-order valence-corrected chi connectivity index (χ1v) is 4.49. The van der Waals surface area contributed by atoms with Crippen molar-refractivity contribution < 1.29 is 23.9 Å². The molecule has 1 fully saturated rings. The van der Waals surface area contributed by atoms with Crippen LogP contribution >= 0.6 is 11.6 Å². The number of carbonyl (C=O) groups is 4. The fourth-order valence-corrected chi connectivity index (χ4v) is 1.36. The van der Waals surface area contributed by atoms with E-state index in [9.17, 15) is 19.2 Å². The van der Waals surface area contributed by atoms with Gasteiger partial charge in [0.25, 0.3) is 5.91 Å². The zero-order valence-electron chi connectivity index (χ0n) is 7.86. The summed E-state index contributed by atoms with van der Waals surface area (Å²) in [5, 5.41) is -0.819. The predicted molar refractivity (Wildman–Crippen MR) is 47.8 cm³/mol. The molecule has 0 aromatic carbocycles. The molecule has 1 aliphatic heterocycles. The molecule has 0 N–H and O–H groups in total. The fourth-order valence-electron chi connectivity index (χ4n) is 1.24. The Hall–Kier alpha value is -1.43. The number of halogens is 1. The zero-order valence-corrected chi connectivity index (χ0v) is 8.61. The van der Waals surface area contributed by atoms with Crippen molar-refractivity contribution in [1.29, 1.82) is 0 Å². The molecule has 0 radical (unpaired) electrons. The summed E-state index contributed by atoms with van der Waals surface area (Å²) in [5.41, 5.74) is 0. The molecule has 1 saturated heterocycles. The standard InChI is InChI=1S/C8H8ClNO5/c1-4(11)15-5-2-7(13)10(8(5)14)3-6(9)12/h5H,2-3H2,1H3. The zero-order chi connectivity index (χ0) is 11.6. The number of carbonyl (C=O) groups excluding carboxylic acids is 4. The summed E-state index contributed by atoms with van der Waals surface area (Å²) in [6, 6.07) is 0. The van der Waals surface area contributed by atoms with E-state index in [1.165, 1.54) is 0 Å². The van der Waals surface area contributed by atoms with Crippen molar-refractivity contribution in [2.45, 2.75) is 19.4 Å². The highest BCUT2D eigenvalue weighted by Crippen LogP contribution is 2.16. The number of likely N-dealkylation sites (tertiary alicyclic amines) is 1. The Morgan fingerprint density at radius 1 is 1.53 bits per heavy atom. The molecule has 2 amide bonds. The number of imide groups is 1. The average molecular weight is 234 g/mol. The van der Waals surface area contributed by atoms with E-state index in [0.717, 1.165) is 6.92 Å². The van der Waals surface area contributed by atoms with Gasteiger partial charge in [-0.25, -0.2) is 0 Å². The van der Waals surface area contributed by atoms with Crippen LogP contribution in [0.25, 0.3) is 0 Å². The number of hydrogen-bond donors (Lipinski definition) is 0. The van der Waals surface area contributed by atoms with Crippen molar-refractivity contribution in [1.82, 2.24) is 4.90 Å². The van der Waals surface area contributed by atoms with Crippen LogP contribution in [0, 0.1) is 0 Å². The molecular formula is C8H8ClNO5. The average Bonchev–Trinajstić information content (AvgIpc) is 2.31. The van der Waals surface area contributed by atoms with Crippen molar-refractivity contribution in [2.75, 3.05) is 6.54 Å². The monoisotopic (exact) mass is 233 g/mol. The highest BCUT2D eigenvalue weighted by molar-refractivity contribution is 6.64. The lowest BCUT2D eigenvalue weighted by Gasteiger charge is -2.11. The Labute approximate surface area is 90.1 Å². The molecule has 1 heterocycles. The minimum atomic E-state index is -1.12. The van der Waals surface area contributed by atoms with Gasteiger partial charge in [-0.3, -0.25) is 24.1 Å². The summed E-state index contributed by atoms with van der Waals surface area (Å²) in [4.78, 5) is 44.4. The lowest BCUT2D eigenvalue weighted by atomic mass is 10.3. The van der Waals surface area contributed by atoms with Gasteiger partial charge in [-0.1, -0.05) is 0 Å². The van der Waals surface area contributed by atoms with E-state index >= 15 is 0 Å². The minimum absolute atomic E-state index is 0.234. The van der Waals surface area contributed by atoms with Crippen LogP contribution in [0.4, 0.5) is 0 Å².